The van der Waals surface area contributed by atoms with Crippen molar-refractivity contribution in [3.05, 3.63) is 35.4 Å². The summed E-state index contributed by atoms with van der Waals surface area (Å²) in [7, 11) is 0. The van der Waals surface area contributed by atoms with Gasteiger partial charge in [0, 0.05) is 18.7 Å². The smallest absolute Gasteiger partial charge is 0.254 e. The van der Waals surface area contributed by atoms with E-state index in [1.165, 1.54) is 56.9 Å². The SMILES string of the molecule is CCCC1(CCN2Cc3ccccc3C2=O)CCCCC1. The average Bonchev–Trinajstić information content (AvgIpc) is 2.84. The fourth-order valence-corrected chi connectivity index (χ4v) is 4.32. The minimum atomic E-state index is 0.244. The van der Waals surface area contributed by atoms with Crippen LogP contribution in [0.3, 0.4) is 0 Å². The molecular formula is C19H27NO. The predicted octanol–water partition coefficient (Wildman–Crippen LogP) is 4.78. The van der Waals surface area contributed by atoms with Gasteiger partial charge in [0.05, 0.1) is 0 Å². The molecule has 1 heterocycles. The van der Waals surface area contributed by atoms with Crippen molar-refractivity contribution in [1.29, 1.82) is 0 Å². The Balaban J connectivity index is 1.64. The molecule has 0 aromatic heterocycles. The first-order valence-corrected chi connectivity index (χ1v) is 8.61. The molecule has 0 radical (unpaired) electrons. The van der Waals surface area contributed by atoms with Crippen molar-refractivity contribution in [2.24, 2.45) is 5.41 Å². The molecule has 1 aromatic rings. The topological polar surface area (TPSA) is 20.3 Å². The highest BCUT2D eigenvalue weighted by molar-refractivity contribution is 5.98. The monoisotopic (exact) mass is 285 g/mol. The largest absolute Gasteiger partial charge is 0.334 e. The molecule has 2 nitrogen and oxygen atoms in total. The van der Waals surface area contributed by atoms with Crippen LogP contribution in [0, 0.1) is 5.41 Å². The highest BCUT2D eigenvalue weighted by Gasteiger charge is 2.33. The van der Waals surface area contributed by atoms with Crippen molar-refractivity contribution < 1.29 is 4.79 Å². The third kappa shape index (κ3) is 3.00. The number of hydrogen-bond donors (Lipinski definition) is 0. The van der Waals surface area contributed by atoms with Gasteiger partial charge in [-0.15, -0.1) is 0 Å². The van der Waals surface area contributed by atoms with Crippen molar-refractivity contribution in [2.75, 3.05) is 6.54 Å². The maximum absolute atomic E-state index is 12.5. The lowest BCUT2D eigenvalue weighted by molar-refractivity contribution is 0.0716. The Morgan fingerprint density at radius 2 is 1.86 bits per heavy atom. The van der Waals surface area contributed by atoms with Crippen LogP contribution in [0.1, 0.15) is 74.2 Å². The number of carbonyl (C=O) groups excluding carboxylic acids is 1. The minimum Gasteiger partial charge on any atom is -0.334 e. The average molecular weight is 285 g/mol. The Labute approximate surface area is 128 Å². The first-order valence-electron chi connectivity index (χ1n) is 8.61. The van der Waals surface area contributed by atoms with Crippen molar-refractivity contribution in [2.45, 2.75) is 64.8 Å². The zero-order valence-corrected chi connectivity index (χ0v) is 13.2. The molecule has 2 aliphatic rings. The van der Waals surface area contributed by atoms with Gasteiger partial charge in [0.15, 0.2) is 0 Å². The fraction of sp³-hybridized carbons (Fsp3) is 0.632. The molecule has 1 saturated carbocycles. The third-order valence-corrected chi connectivity index (χ3v) is 5.50. The maximum Gasteiger partial charge on any atom is 0.254 e. The minimum absolute atomic E-state index is 0.244. The van der Waals surface area contributed by atoms with E-state index in [0.717, 1.165) is 18.7 Å². The standard InChI is InChI=1S/C19H27NO/c1-2-10-19(11-6-3-7-12-19)13-14-20-15-16-8-4-5-9-17(16)18(20)21/h4-5,8-9H,2-3,6-7,10-15H2,1H3. The van der Waals surface area contributed by atoms with E-state index in [4.69, 9.17) is 0 Å². The molecule has 114 valence electrons. The molecule has 1 aliphatic heterocycles. The van der Waals surface area contributed by atoms with E-state index in [1.54, 1.807) is 0 Å². The van der Waals surface area contributed by atoms with Crippen LogP contribution in [0.4, 0.5) is 0 Å². The van der Waals surface area contributed by atoms with Gasteiger partial charge in [-0.1, -0.05) is 50.8 Å². The summed E-state index contributed by atoms with van der Waals surface area (Å²) >= 11 is 0. The number of fused-ring (bicyclic) bond motifs is 1. The summed E-state index contributed by atoms with van der Waals surface area (Å²) < 4.78 is 0. The molecule has 0 spiro atoms. The van der Waals surface area contributed by atoms with Crippen LogP contribution >= 0.6 is 0 Å². The van der Waals surface area contributed by atoms with Gasteiger partial charge in [-0.3, -0.25) is 4.79 Å². The molecule has 0 saturated heterocycles. The quantitative estimate of drug-likeness (QED) is 0.762. The summed E-state index contributed by atoms with van der Waals surface area (Å²) in [6.45, 7) is 4.05. The van der Waals surface area contributed by atoms with E-state index in [9.17, 15) is 4.79 Å². The number of amides is 1. The molecule has 21 heavy (non-hydrogen) atoms. The number of nitrogens with zero attached hydrogens (tertiary/aromatic N) is 1. The second kappa shape index (κ2) is 6.21. The van der Waals surface area contributed by atoms with Crippen LogP contribution in [0.15, 0.2) is 24.3 Å². The molecule has 0 N–H and O–H groups in total. The molecule has 1 aromatic carbocycles. The number of rotatable bonds is 5. The summed E-state index contributed by atoms with van der Waals surface area (Å²) in [5.41, 5.74) is 2.64. The lowest BCUT2D eigenvalue weighted by atomic mass is 9.69. The van der Waals surface area contributed by atoms with Crippen molar-refractivity contribution in [1.82, 2.24) is 4.90 Å². The predicted molar refractivity (Wildman–Crippen MR) is 86.2 cm³/mol. The number of hydrogen-bond acceptors (Lipinski definition) is 1. The Kier molecular flexibility index (Phi) is 4.32. The second-order valence-electron chi connectivity index (χ2n) is 6.94. The van der Waals surface area contributed by atoms with E-state index in [0.29, 0.717) is 5.41 Å². The van der Waals surface area contributed by atoms with Crippen LogP contribution in [-0.2, 0) is 6.54 Å². The molecule has 2 heteroatoms. The molecule has 1 amide bonds. The van der Waals surface area contributed by atoms with Gasteiger partial charge in [0.1, 0.15) is 0 Å². The van der Waals surface area contributed by atoms with Crippen LogP contribution in [0.2, 0.25) is 0 Å². The van der Waals surface area contributed by atoms with Crippen LogP contribution < -0.4 is 0 Å². The number of carbonyl (C=O) groups is 1. The Morgan fingerprint density at radius 1 is 1.10 bits per heavy atom. The Bertz CT molecular complexity index is 497. The van der Waals surface area contributed by atoms with E-state index < -0.39 is 0 Å². The van der Waals surface area contributed by atoms with Gasteiger partial charge in [-0.25, -0.2) is 0 Å². The van der Waals surface area contributed by atoms with E-state index in [-0.39, 0.29) is 5.91 Å². The third-order valence-electron chi connectivity index (χ3n) is 5.50. The molecular weight excluding hydrogens is 258 g/mol. The first-order chi connectivity index (χ1) is 10.2. The van der Waals surface area contributed by atoms with Gasteiger partial charge in [-0.05, 0) is 42.7 Å². The van der Waals surface area contributed by atoms with Crippen molar-refractivity contribution >= 4 is 5.91 Å². The Morgan fingerprint density at radius 3 is 2.57 bits per heavy atom. The van der Waals surface area contributed by atoms with Crippen LogP contribution in [0.25, 0.3) is 0 Å². The zero-order chi connectivity index (χ0) is 14.7. The van der Waals surface area contributed by atoms with Gasteiger partial charge >= 0.3 is 0 Å². The van der Waals surface area contributed by atoms with E-state index in [2.05, 4.69) is 17.9 Å². The van der Waals surface area contributed by atoms with Gasteiger partial charge < -0.3 is 4.90 Å². The highest BCUT2D eigenvalue weighted by Crippen LogP contribution is 2.43. The maximum atomic E-state index is 12.5. The normalized spacial score (nSPS) is 20.6. The zero-order valence-electron chi connectivity index (χ0n) is 13.2. The van der Waals surface area contributed by atoms with Gasteiger partial charge in [0.2, 0.25) is 0 Å². The van der Waals surface area contributed by atoms with Crippen molar-refractivity contribution in [3.8, 4) is 0 Å². The summed E-state index contributed by atoms with van der Waals surface area (Å²) in [6.07, 6.45) is 10.7. The molecule has 0 unspecified atom stereocenters. The number of benzene rings is 1. The summed E-state index contributed by atoms with van der Waals surface area (Å²) in [4.78, 5) is 14.5. The van der Waals surface area contributed by atoms with Crippen molar-refractivity contribution in [3.63, 3.8) is 0 Å². The first kappa shape index (κ1) is 14.6. The molecule has 1 aliphatic carbocycles. The molecule has 0 atom stereocenters. The summed E-state index contributed by atoms with van der Waals surface area (Å²) in [5, 5.41) is 0. The van der Waals surface area contributed by atoms with Gasteiger partial charge in [0.25, 0.3) is 5.91 Å². The molecule has 3 rings (SSSR count). The van der Waals surface area contributed by atoms with E-state index in [1.807, 2.05) is 18.2 Å². The van der Waals surface area contributed by atoms with Crippen LogP contribution in [-0.4, -0.2) is 17.4 Å². The van der Waals surface area contributed by atoms with E-state index >= 15 is 0 Å². The van der Waals surface area contributed by atoms with Crippen LogP contribution in [0.5, 0.6) is 0 Å². The Hall–Kier alpha value is -1.31. The molecule has 0 bridgehead atoms. The second-order valence-corrected chi connectivity index (χ2v) is 6.94. The summed E-state index contributed by atoms with van der Waals surface area (Å²) in [6, 6.07) is 8.07. The lowest BCUT2D eigenvalue weighted by Gasteiger charge is -2.38. The summed E-state index contributed by atoms with van der Waals surface area (Å²) in [5.74, 6) is 0.244. The molecule has 1 fully saturated rings. The fourth-order valence-electron chi connectivity index (χ4n) is 4.32. The highest BCUT2D eigenvalue weighted by atomic mass is 16.2. The van der Waals surface area contributed by atoms with Gasteiger partial charge in [-0.2, -0.15) is 0 Å². The lowest BCUT2D eigenvalue weighted by Crippen LogP contribution is -2.32.